The van der Waals surface area contributed by atoms with Crippen LogP contribution in [-0.2, 0) is 11.3 Å². The molecule has 1 atom stereocenters. The summed E-state index contributed by atoms with van der Waals surface area (Å²) in [6, 6.07) is 13.4. The van der Waals surface area contributed by atoms with Gasteiger partial charge in [0.25, 0.3) is 0 Å². The number of thioether (sulfide) groups is 1. The molecule has 0 saturated carbocycles. The summed E-state index contributed by atoms with van der Waals surface area (Å²) >= 11 is 0.974. The zero-order valence-corrected chi connectivity index (χ0v) is 17.4. The Morgan fingerprint density at radius 2 is 1.81 bits per heavy atom. The molecule has 3 amide bonds. The van der Waals surface area contributed by atoms with E-state index in [1.54, 1.807) is 6.92 Å². The third-order valence-electron chi connectivity index (χ3n) is 3.94. The first kappa shape index (κ1) is 23.1. The van der Waals surface area contributed by atoms with Crippen molar-refractivity contribution in [3.05, 3.63) is 60.2 Å². The van der Waals surface area contributed by atoms with E-state index >= 15 is 0 Å². The number of ether oxygens (including phenoxy) is 1. The third kappa shape index (κ3) is 6.70. The van der Waals surface area contributed by atoms with Gasteiger partial charge in [0.15, 0.2) is 0 Å². The summed E-state index contributed by atoms with van der Waals surface area (Å²) in [5.74, 6) is -0.957. The number of amides is 3. The first-order valence-corrected chi connectivity index (χ1v) is 10.0. The smallest absolute Gasteiger partial charge is 0.406 e. The van der Waals surface area contributed by atoms with Gasteiger partial charge in [-0.25, -0.2) is 4.79 Å². The molecule has 0 aliphatic carbocycles. The molecule has 1 unspecified atom stereocenters. The summed E-state index contributed by atoms with van der Waals surface area (Å²) in [6.45, 7) is 1.82. The van der Waals surface area contributed by atoms with Crippen molar-refractivity contribution in [1.82, 2.24) is 30.8 Å². The SMILES string of the molecule is CC(Sc1nnnn1-c1ccc(OC(F)(F)F)cc1)C(=O)NC(=O)NCc1ccccc1. The number of aromatic nitrogens is 4. The van der Waals surface area contributed by atoms with E-state index in [1.165, 1.54) is 16.8 Å². The minimum absolute atomic E-state index is 0.210. The Kier molecular flexibility index (Phi) is 7.30. The van der Waals surface area contributed by atoms with Crippen molar-refractivity contribution in [2.24, 2.45) is 0 Å². The maximum absolute atomic E-state index is 12.3. The topological polar surface area (TPSA) is 111 Å². The second-order valence-electron chi connectivity index (χ2n) is 6.33. The molecule has 0 aliphatic heterocycles. The number of halogens is 3. The van der Waals surface area contributed by atoms with Crippen LogP contribution in [0.5, 0.6) is 5.75 Å². The number of hydrogen-bond acceptors (Lipinski definition) is 7. The number of hydrogen-bond donors (Lipinski definition) is 2. The molecule has 2 N–H and O–H groups in total. The highest BCUT2D eigenvalue weighted by molar-refractivity contribution is 8.00. The highest BCUT2D eigenvalue weighted by Crippen LogP contribution is 2.26. The molecule has 0 spiro atoms. The lowest BCUT2D eigenvalue weighted by Gasteiger charge is -2.12. The molecule has 168 valence electrons. The normalized spacial score (nSPS) is 12.1. The fraction of sp³-hybridized carbons (Fsp3) is 0.211. The van der Waals surface area contributed by atoms with Crippen LogP contribution in [0.25, 0.3) is 5.69 Å². The molecule has 3 rings (SSSR count). The molecule has 0 fully saturated rings. The zero-order chi connectivity index (χ0) is 23.1. The number of tetrazole rings is 1. The number of carbonyl (C=O) groups is 2. The average Bonchev–Trinajstić information content (AvgIpc) is 3.20. The highest BCUT2D eigenvalue weighted by Gasteiger charge is 2.31. The largest absolute Gasteiger partial charge is 0.573 e. The molecule has 13 heteroatoms. The van der Waals surface area contributed by atoms with E-state index in [4.69, 9.17) is 0 Å². The van der Waals surface area contributed by atoms with Crippen molar-refractivity contribution < 1.29 is 27.5 Å². The lowest BCUT2D eigenvalue weighted by Crippen LogP contribution is -2.42. The predicted octanol–water partition coefficient (Wildman–Crippen LogP) is 3.07. The number of imide groups is 1. The van der Waals surface area contributed by atoms with Gasteiger partial charge in [0.1, 0.15) is 5.75 Å². The monoisotopic (exact) mass is 466 g/mol. The number of benzene rings is 2. The third-order valence-corrected chi connectivity index (χ3v) is 4.97. The van der Waals surface area contributed by atoms with Gasteiger partial charge in [-0.05, 0) is 47.2 Å². The fourth-order valence-electron chi connectivity index (χ4n) is 2.45. The summed E-state index contributed by atoms with van der Waals surface area (Å²) < 4.78 is 42.0. The molecule has 0 saturated heterocycles. The molecule has 3 aromatic rings. The molecule has 9 nitrogen and oxygen atoms in total. The number of nitrogens with one attached hydrogen (secondary N) is 2. The summed E-state index contributed by atoms with van der Waals surface area (Å²) in [7, 11) is 0. The lowest BCUT2D eigenvalue weighted by atomic mass is 10.2. The number of alkyl halides is 3. The molecule has 32 heavy (non-hydrogen) atoms. The lowest BCUT2D eigenvalue weighted by molar-refractivity contribution is -0.274. The average molecular weight is 466 g/mol. The van der Waals surface area contributed by atoms with E-state index < -0.39 is 29.3 Å². The van der Waals surface area contributed by atoms with Crippen LogP contribution in [0.1, 0.15) is 12.5 Å². The number of rotatable bonds is 7. The van der Waals surface area contributed by atoms with E-state index in [2.05, 4.69) is 30.9 Å². The van der Waals surface area contributed by atoms with Gasteiger partial charge >= 0.3 is 12.4 Å². The summed E-state index contributed by atoms with van der Waals surface area (Å²) in [4.78, 5) is 24.3. The maximum Gasteiger partial charge on any atom is 0.573 e. The minimum atomic E-state index is -4.80. The summed E-state index contributed by atoms with van der Waals surface area (Å²) in [5.41, 5.74) is 1.24. The van der Waals surface area contributed by atoms with E-state index in [-0.39, 0.29) is 11.7 Å². The van der Waals surface area contributed by atoms with Crippen LogP contribution in [0.3, 0.4) is 0 Å². The van der Waals surface area contributed by atoms with Crippen molar-refractivity contribution in [1.29, 1.82) is 0 Å². The molecule has 1 heterocycles. The second-order valence-corrected chi connectivity index (χ2v) is 7.64. The van der Waals surface area contributed by atoms with Crippen molar-refractivity contribution >= 4 is 23.7 Å². The Hall–Kier alpha value is -3.61. The number of urea groups is 1. The standard InChI is InChI=1S/C19H17F3N6O3S/c1-12(16(29)24-17(30)23-11-13-5-3-2-4-6-13)32-18-25-26-27-28(18)14-7-9-15(10-8-14)31-19(20,21)22/h2-10,12H,11H2,1H3,(H2,23,24,29,30). The van der Waals surface area contributed by atoms with Gasteiger partial charge in [-0.2, -0.15) is 4.68 Å². The molecular weight excluding hydrogens is 449 g/mol. The zero-order valence-electron chi connectivity index (χ0n) is 16.5. The van der Waals surface area contributed by atoms with Crippen LogP contribution < -0.4 is 15.4 Å². The Morgan fingerprint density at radius 3 is 2.47 bits per heavy atom. The first-order chi connectivity index (χ1) is 15.2. The van der Waals surface area contributed by atoms with Gasteiger partial charge in [0.2, 0.25) is 11.1 Å². The second kappa shape index (κ2) is 10.1. The van der Waals surface area contributed by atoms with Crippen molar-refractivity contribution in [2.75, 3.05) is 0 Å². The van der Waals surface area contributed by atoms with Gasteiger partial charge < -0.3 is 10.1 Å². The van der Waals surface area contributed by atoms with Crippen LogP contribution >= 0.6 is 11.8 Å². The Balaban J connectivity index is 1.56. The van der Waals surface area contributed by atoms with E-state index in [0.717, 1.165) is 29.5 Å². The fourth-order valence-corrected chi connectivity index (χ4v) is 3.26. The molecular formula is C19H17F3N6O3S. The van der Waals surface area contributed by atoms with Crippen LogP contribution in [-0.4, -0.2) is 43.8 Å². The van der Waals surface area contributed by atoms with Gasteiger partial charge in [0.05, 0.1) is 10.9 Å². The highest BCUT2D eigenvalue weighted by atomic mass is 32.2. The van der Waals surface area contributed by atoms with Crippen LogP contribution in [0, 0.1) is 0 Å². The number of carbonyl (C=O) groups excluding carboxylic acids is 2. The van der Waals surface area contributed by atoms with Crippen LogP contribution in [0.2, 0.25) is 0 Å². The first-order valence-electron chi connectivity index (χ1n) is 9.15. The minimum Gasteiger partial charge on any atom is -0.406 e. The van der Waals surface area contributed by atoms with Gasteiger partial charge in [0, 0.05) is 6.54 Å². The van der Waals surface area contributed by atoms with Crippen molar-refractivity contribution in [3.63, 3.8) is 0 Å². The molecule has 1 aromatic heterocycles. The predicted molar refractivity (Wildman–Crippen MR) is 108 cm³/mol. The van der Waals surface area contributed by atoms with Gasteiger partial charge in [-0.3, -0.25) is 10.1 Å². The van der Waals surface area contributed by atoms with E-state index in [1.807, 2.05) is 30.3 Å². The molecule has 0 radical (unpaired) electrons. The summed E-state index contributed by atoms with van der Waals surface area (Å²) in [5, 5.41) is 15.4. The number of nitrogens with zero attached hydrogens (tertiary/aromatic N) is 4. The Labute approximate surface area is 184 Å². The van der Waals surface area contributed by atoms with Crippen molar-refractivity contribution in [3.8, 4) is 11.4 Å². The Bertz CT molecular complexity index is 1060. The van der Waals surface area contributed by atoms with Crippen molar-refractivity contribution in [2.45, 2.75) is 30.2 Å². The summed E-state index contributed by atoms with van der Waals surface area (Å²) in [6.07, 6.45) is -4.80. The van der Waals surface area contributed by atoms with Gasteiger partial charge in [-0.1, -0.05) is 42.1 Å². The van der Waals surface area contributed by atoms with Gasteiger partial charge in [-0.15, -0.1) is 18.3 Å². The van der Waals surface area contributed by atoms with Crippen LogP contribution in [0.4, 0.5) is 18.0 Å². The van der Waals surface area contributed by atoms with E-state index in [9.17, 15) is 22.8 Å². The van der Waals surface area contributed by atoms with E-state index in [0.29, 0.717) is 5.69 Å². The van der Waals surface area contributed by atoms with Crippen LogP contribution in [0.15, 0.2) is 59.8 Å². The molecule has 2 aromatic carbocycles. The quantitative estimate of drug-likeness (QED) is 0.515. The molecule has 0 aliphatic rings. The molecule has 0 bridgehead atoms. The maximum atomic E-state index is 12.3. The Morgan fingerprint density at radius 1 is 1.12 bits per heavy atom.